The number of benzene rings is 1. The second-order valence-electron chi connectivity index (χ2n) is 4.29. The van der Waals surface area contributed by atoms with Gasteiger partial charge in [-0.2, -0.15) is 0 Å². The van der Waals surface area contributed by atoms with Crippen molar-refractivity contribution in [1.29, 1.82) is 0 Å². The molecule has 0 radical (unpaired) electrons. The monoisotopic (exact) mass is 235 g/mol. The van der Waals surface area contributed by atoms with E-state index >= 15 is 0 Å². The molecule has 0 spiro atoms. The Morgan fingerprint density at radius 1 is 1.29 bits per heavy atom. The molecule has 1 atom stereocenters. The van der Waals surface area contributed by atoms with Crippen LogP contribution in [0.1, 0.15) is 38.8 Å². The van der Waals surface area contributed by atoms with Crippen LogP contribution in [0.15, 0.2) is 30.3 Å². The lowest BCUT2D eigenvalue weighted by Gasteiger charge is -2.17. The molecule has 1 unspecified atom stereocenters. The van der Waals surface area contributed by atoms with Crippen LogP contribution in [0.2, 0.25) is 0 Å². The Morgan fingerprint density at radius 3 is 2.47 bits per heavy atom. The van der Waals surface area contributed by atoms with E-state index in [-0.39, 0.29) is 24.7 Å². The minimum absolute atomic E-state index is 0.0545. The highest BCUT2D eigenvalue weighted by Crippen LogP contribution is 2.15. The zero-order chi connectivity index (χ0) is 12.7. The molecule has 0 amide bonds. The van der Waals surface area contributed by atoms with Crippen LogP contribution >= 0.6 is 0 Å². The Morgan fingerprint density at radius 2 is 1.94 bits per heavy atom. The van der Waals surface area contributed by atoms with Crippen molar-refractivity contribution < 1.29 is 9.53 Å². The molecule has 1 aromatic carbocycles. The minimum atomic E-state index is -0.200. The largest absolute Gasteiger partial charge is 0.462 e. The molecule has 0 fully saturated rings. The first-order valence-corrected chi connectivity index (χ1v) is 6.11. The highest BCUT2D eigenvalue weighted by Gasteiger charge is 2.11. The van der Waals surface area contributed by atoms with Gasteiger partial charge in [-0.05, 0) is 25.8 Å². The first kappa shape index (κ1) is 13.7. The molecule has 0 aliphatic carbocycles. The molecule has 0 bridgehead atoms. The second-order valence-corrected chi connectivity index (χ2v) is 4.29. The number of carbonyl (C=O) groups excluding carboxylic acids is 1. The maximum Gasteiger partial charge on any atom is 0.320 e. The summed E-state index contributed by atoms with van der Waals surface area (Å²) in [5, 5.41) is 3.22. The highest BCUT2D eigenvalue weighted by atomic mass is 16.5. The van der Waals surface area contributed by atoms with Gasteiger partial charge in [0, 0.05) is 6.04 Å². The number of carbonyl (C=O) groups is 1. The molecule has 17 heavy (non-hydrogen) atoms. The Labute approximate surface area is 103 Å². The first-order valence-electron chi connectivity index (χ1n) is 6.11. The van der Waals surface area contributed by atoms with Crippen LogP contribution in [0.3, 0.4) is 0 Å². The lowest BCUT2D eigenvalue weighted by atomic mass is 10.1. The number of hydrogen-bond donors (Lipinski definition) is 1. The molecule has 3 heteroatoms. The van der Waals surface area contributed by atoms with Crippen molar-refractivity contribution in [3.63, 3.8) is 0 Å². The molecule has 0 aliphatic rings. The van der Waals surface area contributed by atoms with E-state index in [1.54, 1.807) is 0 Å². The molecule has 1 rings (SSSR count). The molecule has 3 nitrogen and oxygen atoms in total. The van der Waals surface area contributed by atoms with Crippen molar-refractivity contribution >= 4 is 5.97 Å². The highest BCUT2D eigenvalue weighted by molar-refractivity contribution is 5.71. The van der Waals surface area contributed by atoms with Crippen LogP contribution in [0.25, 0.3) is 0 Å². The average molecular weight is 235 g/mol. The van der Waals surface area contributed by atoms with Crippen LogP contribution in [0, 0.1) is 0 Å². The van der Waals surface area contributed by atoms with E-state index in [4.69, 9.17) is 4.74 Å². The summed E-state index contributed by atoms with van der Waals surface area (Å²) in [6.07, 6.45) is 0.889. The van der Waals surface area contributed by atoms with Crippen molar-refractivity contribution in [1.82, 2.24) is 5.32 Å². The Balaban J connectivity index is 2.46. The molecule has 0 heterocycles. The molecule has 1 N–H and O–H groups in total. The average Bonchev–Trinajstić information content (AvgIpc) is 2.30. The van der Waals surface area contributed by atoms with Crippen molar-refractivity contribution in [3.05, 3.63) is 35.9 Å². The van der Waals surface area contributed by atoms with Gasteiger partial charge in [0.15, 0.2) is 0 Å². The van der Waals surface area contributed by atoms with Gasteiger partial charge in [-0.15, -0.1) is 0 Å². The summed E-state index contributed by atoms with van der Waals surface area (Å²) in [4.78, 5) is 11.4. The summed E-state index contributed by atoms with van der Waals surface area (Å²) in [6.45, 7) is 6.06. The van der Waals surface area contributed by atoms with Crippen LogP contribution in [0.4, 0.5) is 0 Å². The van der Waals surface area contributed by atoms with Gasteiger partial charge < -0.3 is 10.1 Å². The first-order chi connectivity index (χ1) is 8.13. The molecule has 0 saturated heterocycles. The number of nitrogens with one attached hydrogen (secondary N) is 1. The van der Waals surface area contributed by atoms with E-state index in [1.165, 1.54) is 5.56 Å². The predicted molar refractivity (Wildman–Crippen MR) is 68.7 cm³/mol. The smallest absolute Gasteiger partial charge is 0.320 e. The summed E-state index contributed by atoms with van der Waals surface area (Å²) in [6, 6.07) is 10.3. The van der Waals surface area contributed by atoms with E-state index in [0.29, 0.717) is 0 Å². The fraction of sp³-hybridized carbons (Fsp3) is 0.500. The van der Waals surface area contributed by atoms with Crippen LogP contribution in [-0.2, 0) is 9.53 Å². The van der Waals surface area contributed by atoms with Gasteiger partial charge in [0.2, 0.25) is 0 Å². The Bertz CT molecular complexity index is 335. The van der Waals surface area contributed by atoms with Gasteiger partial charge in [-0.1, -0.05) is 37.3 Å². The topological polar surface area (TPSA) is 38.3 Å². The molecular weight excluding hydrogens is 214 g/mol. The molecular formula is C14H21NO2. The summed E-state index contributed by atoms with van der Waals surface area (Å²) in [7, 11) is 0. The summed E-state index contributed by atoms with van der Waals surface area (Å²) < 4.78 is 5.08. The van der Waals surface area contributed by atoms with Gasteiger partial charge in [0.05, 0.1) is 12.6 Å². The standard InChI is InChI=1S/C14H21NO2/c1-4-13(12-8-6-5-7-9-12)15-10-14(16)17-11(2)3/h5-9,11,13,15H,4,10H2,1-3H3. The zero-order valence-corrected chi connectivity index (χ0v) is 10.8. The lowest BCUT2D eigenvalue weighted by Crippen LogP contribution is -2.29. The van der Waals surface area contributed by atoms with E-state index < -0.39 is 0 Å². The molecule has 94 valence electrons. The van der Waals surface area contributed by atoms with Crippen LogP contribution in [-0.4, -0.2) is 18.6 Å². The predicted octanol–water partition coefficient (Wildman–Crippen LogP) is 2.68. The Hall–Kier alpha value is -1.35. The van der Waals surface area contributed by atoms with Gasteiger partial charge >= 0.3 is 5.97 Å². The van der Waals surface area contributed by atoms with Crippen molar-refractivity contribution in [2.45, 2.75) is 39.3 Å². The Kier molecular flexibility index (Phi) is 5.70. The van der Waals surface area contributed by atoms with Crippen LogP contribution in [0.5, 0.6) is 0 Å². The number of ether oxygens (including phenoxy) is 1. The third-order valence-corrected chi connectivity index (χ3v) is 2.47. The second kappa shape index (κ2) is 7.07. The minimum Gasteiger partial charge on any atom is -0.462 e. The number of hydrogen-bond acceptors (Lipinski definition) is 3. The van der Waals surface area contributed by atoms with Crippen molar-refractivity contribution in [3.8, 4) is 0 Å². The zero-order valence-electron chi connectivity index (χ0n) is 10.8. The quantitative estimate of drug-likeness (QED) is 0.770. The summed E-state index contributed by atoms with van der Waals surface area (Å²) in [5.74, 6) is -0.200. The van der Waals surface area contributed by atoms with Gasteiger partial charge in [0.1, 0.15) is 0 Å². The number of rotatable bonds is 6. The van der Waals surface area contributed by atoms with Crippen molar-refractivity contribution in [2.75, 3.05) is 6.54 Å². The van der Waals surface area contributed by atoms with E-state index in [1.807, 2.05) is 32.0 Å². The number of esters is 1. The van der Waals surface area contributed by atoms with Crippen molar-refractivity contribution in [2.24, 2.45) is 0 Å². The summed E-state index contributed by atoms with van der Waals surface area (Å²) in [5.41, 5.74) is 1.20. The maximum atomic E-state index is 11.4. The fourth-order valence-electron chi connectivity index (χ4n) is 1.69. The SMILES string of the molecule is CCC(NCC(=O)OC(C)C)c1ccccc1. The third kappa shape index (κ3) is 5.00. The maximum absolute atomic E-state index is 11.4. The van der Waals surface area contributed by atoms with Gasteiger partial charge in [-0.25, -0.2) is 0 Å². The fourth-order valence-corrected chi connectivity index (χ4v) is 1.69. The molecule has 0 saturated carbocycles. The van der Waals surface area contributed by atoms with Gasteiger partial charge in [-0.3, -0.25) is 4.79 Å². The normalized spacial score (nSPS) is 12.5. The van der Waals surface area contributed by atoms with E-state index in [2.05, 4.69) is 24.4 Å². The van der Waals surface area contributed by atoms with Crippen LogP contribution < -0.4 is 5.32 Å². The van der Waals surface area contributed by atoms with E-state index in [0.717, 1.165) is 6.42 Å². The summed E-state index contributed by atoms with van der Waals surface area (Å²) >= 11 is 0. The molecule has 1 aromatic rings. The third-order valence-electron chi connectivity index (χ3n) is 2.47. The van der Waals surface area contributed by atoms with E-state index in [9.17, 15) is 4.79 Å². The molecule has 0 aliphatic heterocycles. The lowest BCUT2D eigenvalue weighted by molar-refractivity contribution is -0.146. The van der Waals surface area contributed by atoms with Gasteiger partial charge in [0.25, 0.3) is 0 Å². The molecule has 0 aromatic heterocycles.